The molecule has 178 valence electrons. The number of amides is 1. The number of anilines is 2. The van der Waals surface area contributed by atoms with Gasteiger partial charge in [0.15, 0.2) is 11.9 Å². The second kappa shape index (κ2) is 10.1. The van der Waals surface area contributed by atoms with Crippen LogP contribution >= 0.6 is 15.9 Å². The molecule has 0 aliphatic carbocycles. The number of aromatic nitrogens is 1. The van der Waals surface area contributed by atoms with Crippen LogP contribution in [-0.4, -0.2) is 41.8 Å². The van der Waals surface area contributed by atoms with E-state index in [1.807, 2.05) is 24.3 Å². The first-order valence-electron chi connectivity index (χ1n) is 10.9. The van der Waals surface area contributed by atoms with Gasteiger partial charge in [-0.15, -0.1) is 0 Å². The minimum atomic E-state index is -1.18. The van der Waals surface area contributed by atoms with E-state index < -0.39 is 11.9 Å². The first kappa shape index (κ1) is 24.2. The Labute approximate surface area is 209 Å². The van der Waals surface area contributed by atoms with Gasteiger partial charge in [-0.05, 0) is 55.0 Å². The Bertz CT molecular complexity index is 1450. The van der Waals surface area contributed by atoms with Gasteiger partial charge in [0, 0.05) is 35.0 Å². The van der Waals surface area contributed by atoms with Gasteiger partial charge in [0.1, 0.15) is 5.52 Å². The summed E-state index contributed by atoms with van der Waals surface area (Å²) in [6.07, 6.45) is 1.45. The number of nitrogens with zero attached hydrogens (tertiary/aromatic N) is 2. The van der Waals surface area contributed by atoms with Crippen LogP contribution in [0.15, 0.2) is 63.5 Å². The van der Waals surface area contributed by atoms with E-state index in [0.29, 0.717) is 34.5 Å². The quantitative estimate of drug-likeness (QED) is 0.271. The second-order valence-electron chi connectivity index (χ2n) is 7.88. The topological polar surface area (TPSA) is 113 Å². The Kier molecular flexibility index (Phi) is 6.97. The molecule has 8 nitrogen and oxygen atoms in total. The highest BCUT2D eigenvalue weighted by atomic mass is 79.9. The number of rotatable bonds is 8. The van der Waals surface area contributed by atoms with Crippen LogP contribution in [-0.2, 0) is 0 Å². The number of halogens is 1. The molecule has 0 spiro atoms. The molecule has 0 unspecified atom stereocenters. The van der Waals surface area contributed by atoms with Crippen molar-refractivity contribution in [2.75, 3.05) is 23.8 Å². The van der Waals surface area contributed by atoms with E-state index in [0.717, 1.165) is 23.1 Å². The smallest absolute Gasteiger partial charge is 0.335 e. The zero-order valence-corrected chi connectivity index (χ0v) is 20.6. The lowest BCUT2D eigenvalue weighted by Crippen LogP contribution is -2.27. The van der Waals surface area contributed by atoms with Crippen LogP contribution in [0.3, 0.4) is 0 Å². The van der Waals surface area contributed by atoms with Gasteiger partial charge in [-0.1, -0.05) is 28.9 Å². The fourth-order valence-electron chi connectivity index (χ4n) is 3.62. The SMILES string of the molecule is CCCNc1ccc(N(C)C(=O)c2cc(C(=O)O)ccc2C=O)cc1-c1nc2cc(Br)ccc2o1. The maximum absolute atomic E-state index is 13.3. The van der Waals surface area contributed by atoms with E-state index in [9.17, 15) is 19.5 Å². The lowest BCUT2D eigenvalue weighted by molar-refractivity contribution is 0.0696. The standard InChI is InChI=1S/C26H22BrN3O5/c1-3-10-28-21-8-7-18(13-20(21)24-29-22-12-17(27)6-9-23(22)35-24)30(2)25(32)19-11-15(26(33)34)4-5-16(19)14-31/h4-9,11-14,28H,3,10H2,1-2H3,(H,33,34). The number of carbonyl (C=O) groups is 3. The van der Waals surface area contributed by atoms with Crippen molar-refractivity contribution in [2.24, 2.45) is 0 Å². The summed E-state index contributed by atoms with van der Waals surface area (Å²) >= 11 is 3.44. The van der Waals surface area contributed by atoms with Crippen LogP contribution in [0.5, 0.6) is 0 Å². The molecule has 4 aromatic rings. The molecule has 1 heterocycles. The first-order valence-corrected chi connectivity index (χ1v) is 11.7. The Hall–Kier alpha value is -3.98. The largest absolute Gasteiger partial charge is 0.478 e. The average Bonchev–Trinajstić information content (AvgIpc) is 3.29. The van der Waals surface area contributed by atoms with Crippen molar-refractivity contribution in [1.29, 1.82) is 0 Å². The van der Waals surface area contributed by atoms with E-state index in [2.05, 4.69) is 33.2 Å². The zero-order valence-electron chi connectivity index (χ0n) is 19.0. The highest BCUT2D eigenvalue weighted by Gasteiger charge is 2.21. The molecule has 1 amide bonds. The van der Waals surface area contributed by atoms with E-state index in [1.165, 1.54) is 23.1 Å². The van der Waals surface area contributed by atoms with Crippen molar-refractivity contribution in [3.63, 3.8) is 0 Å². The summed E-state index contributed by atoms with van der Waals surface area (Å²) in [5.74, 6) is -1.31. The molecule has 1 aromatic heterocycles. The highest BCUT2D eigenvalue weighted by molar-refractivity contribution is 9.10. The molecule has 3 aromatic carbocycles. The van der Waals surface area contributed by atoms with E-state index in [1.54, 1.807) is 19.2 Å². The number of carboxylic acid groups (broad SMARTS) is 1. The lowest BCUT2D eigenvalue weighted by Gasteiger charge is -2.20. The fourth-order valence-corrected chi connectivity index (χ4v) is 3.97. The molecule has 0 radical (unpaired) electrons. The molecule has 0 bridgehead atoms. The second-order valence-corrected chi connectivity index (χ2v) is 8.79. The molecular formula is C26H22BrN3O5. The van der Waals surface area contributed by atoms with Gasteiger partial charge in [0.05, 0.1) is 16.7 Å². The highest BCUT2D eigenvalue weighted by Crippen LogP contribution is 2.34. The van der Waals surface area contributed by atoms with Gasteiger partial charge in [0.2, 0.25) is 5.89 Å². The van der Waals surface area contributed by atoms with Crippen LogP contribution in [0.1, 0.15) is 44.4 Å². The number of benzene rings is 3. The number of aldehydes is 1. The van der Waals surface area contributed by atoms with Crippen LogP contribution in [0.2, 0.25) is 0 Å². The Morgan fingerprint density at radius 3 is 2.66 bits per heavy atom. The lowest BCUT2D eigenvalue weighted by atomic mass is 10.0. The molecule has 9 heteroatoms. The van der Waals surface area contributed by atoms with Crippen LogP contribution in [0.4, 0.5) is 11.4 Å². The maximum atomic E-state index is 13.3. The number of nitrogens with one attached hydrogen (secondary N) is 1. The molecule has 0 fully saturated rings. The number of carboxylic acids is 1. The summed E-state index contributed by atoms with van der Waals surface area (Å²) in [5.41, 5.74) is 3.33. The Morgan fingerprint density at radius 1 is 1.14 bits per heavy atom. The monoisotopic (exact) mass is 535 g/mol. The average molecular weight is 536 g/mol. The maximum Gasteiger partial charge on any atom is 0.335 e. The number of oxazole rings is 1. The summed E-state index contributed by atoms with van der Waals surface area (Å²) in [6, 6.07) is 14.8. The van der Waals surface area contributed by atoms with Gasteiger partial charge in [-0.2, -0.15) is 0 Å². The summed E-state index contributed by atoms with van der Waals surface area (Å²) in [6.45, 7) is 2.79. The van der Waals surface area contributed by atoms with Crippen molar-refractivity contribution >= 4 is 56.6 Å². The molecule has 0 saturated heterocycles. The predicted octanol–water partition coefficient (Wildman–Crippen LogP) is 5.87. The van der Waals surface area contributed by atoms with Gasteiger partial charge in [-0.25, -0.2) is 9.78 Å². The number of fused-ring (bicyclic) bond motifs is 1. The summed E-state index contributed by atoms with van der Waals surface area (Å²) < 4.78 is 6.88. The van der Waals surface area contributed by atoms with E-state index in [-0.39, 0.29) is 16.7 Å². The van der Waals surface area contributed by atoms with Crippen molar-refractivity contribution in [3.05, 3.63) is 75.8 Å². The van der Waals surface area contributed by atoms with Gasteiger partial charge in [-0.3, -0.25) is 9.59 Å². The fraction of sp³-hybridized carbons (Fsp3) is 0.154. The Balaban J connectivity index is 1.77. The minimum absolute atomic E-state index is 0.00356. The third kappa shape index (κ3) is 4.95. The van der Waals surface area contributed by atoms with Crippen LogP contribution in [0, 0.1) is 0 Å². The van der Waals surface area contributed by atoms with Gasteiger partial charge in [0.25, 0.3) is 5.91 Å². The molecule has 0 aliphatic heterocycles. The molecule has 0 saturated carbocycles. The molecule has 35 heavy (non-hydrogen) atoms. The van der Waals surface area contributed by atoms with Gasteiger partial charge >= 0.3 is 5.97 Å². The van der Waals surface area contributed by atoms with Crippen molar-refractivity contribution in [2.45, 2.75) is 13.3 Å². The zero-order chi connectivity index (χ0) is 25.1. The van der Waals surface area contributed by atoms with Crippen molar-refractivity contribution < 1.29 is 23.9 Å². The number of hydrogen-bond donors (Lipinski definition) is 2. The normalized spacial score (nSPS) is 10.8. The van der Waals surface area contributed by atoms with Gasteiger partial charge < -0.3 is 19.7 Å². The van der Waals surface area contributed by atoms with E-state index in [4.69, 9.17) is 4.42 Å². The number of hydrogen-bond acceptors (Lipinski definition) is 6. The first-order chi connectivity index (χ1) is 16.8. The molecule has 0 atom stereocenters. The van der Waals surface area contributed by atoms with Crippen molar-refractivity contribution in [3.8, 4) is 11.5 Å². The summed E-state index contributed by atoms with van der Waals surface area (Å²) in [5, 5.41) is 12.7. The number of aromatic carboxylic acids is 1. The third-order valence-electron chi connectivity index (χ3n) is 5.50. The third-order valence-corrected chi connectivity index (χ3v) is 5.99. The minimum Gasteiger partial charge on any atom is -0.478 e. The van der Waals surface area contributed by atoms with Crippen LogP contribution in [0.25, 0.3) is 22.6 Å². The molecule has 2 N–H and O–H groups in total. The van der Waals surface area contributed by atoms with Crippen LogP contribution < -0.4 is 10.2 Å². The van der Waals surface area contributed by atoms with Crippen molar-refractivity contribution in [1.82, 2.24) is 4.98 Å². The molecule has 4 rings (SSSR count). The number of carbonyl (C=O) groups excluding carboxylic acids is 2. The Morgan fingerprint density at radius 2 is 1.94 bits per heavy atom. The molecular weight excluding hydrogens is 514 g/mol. The predicted molar refractivity (Wildman–Crippen MR) is 137 cm³/mol. The molecule has 0 aliphatic rings. The van der Waals surface area contributed by atoms with E-state index >= 15 is 0 Å². The summed E-state index contributed by atoms with van der Waals surface area (Å²) in [4.78, 5) is 42.2. The summed E-state index contributed by atoms with van der Waals surface area (Å²) in [7, 11) is 1.56.